The van der Waals surface area contributed by atoms with Crippen LogP contribution in [0.3, 0.4) is 0 Å². The Morgan fingerprint density at radius 3 is 2.81 bits per heavy atom. The smallest absolute Gasteiger partial charge is 0.251 e. The van der Waals surface area contributed by atoms with Gasteiger partial charge in [-0.15, -0.1) is 0 Å². The van der Waals surface area contributed by atoms with Crippen LogP contribution in [0.25, 0.3) is 0 Å². The summed E-state index contributed by atoms with van der Waals surface area (Å²) in [5.74, 6) is -0.162. The molecule has 0 heterocycles. The first kappa shape index (κ1) is 12.7. The van der Waals surface area contributed by atoms with Gasteiger partial charge in [0.1, 0.15) is 0 Å². The number of hydrogen-bond donors (Lipinski definition) is 1. The van der Waals surface area contributed by atoms with Crippen LogP contribution in [0.1, 0.15) is 24.2 Å². The first-order valence-corrected chi connectivity index (χ1v) is 5.69. The Morgan fingerprint density at radius 2 is 2.25 bits per heavy atom. The van der Waals surface area contributed by atoms with E-state index in [0.29, 0.717) is 12.1 Å². The number of nitrogens with one attached hydrogen (secondary N) is 1. The molecule has 0 unspecified atom stereocenters. The molecule has 1 rings (SSSR count). The largest absolute Gasteiger partial charge is 0.350 e. The molecule has 1 aromatic rings. The summed E-state index contributed by atoms with van der Waals surface area (Å²) in [5, 5.41) is 11.5. The number of nitriles is 1. The predicted octanol–water partition coefficient (Wildman–Crippen LogP) is 2.73. The molecule has 0 aliphatic carbocycles. The molecule has 4 heteroatoms. The molecule has 1 amide bonds. The average molecular weight is 281 g/mol. The SMILES string of the molecule is CC(C)(C#N)CNC(=O)c1cccc(Br)c1. The van der Waals surface area contributed by atoms with E-state index in [1.165, 1.54) is 0 Å². The molecule has 84 valence electrons. The number of rotatable bonds is 3. The summed E-state index contributed by atoms with van der Waals surface area (Å²) in [4.78, 5) is 11.7. The topological polar surface area (TPSA) is 52.9 Å². The Bertz CT molecular complexity index is 435. The molecule has 1 aromatic carbocycles. The number of nitrogens with zero attached hydrogens (tertiary/aromatic N) is 1. The summed E-state index contributed by atoms with van der Waals surface area (Å²) in [6.07, 6.45) is 0. The van der Waals surface area contributed by atoms with E-state index >= 15 is 0 Å². The Morgan fingerprint density at radius 1 is 1.56 bits per heavy atom. The summed E-state index contributed by atoms with van der Waals surface area (Å²) in [6, 6.07) is 9.27. The van der Waals surface area contributed by atoms with Crippen LogP contribution in [0.4, 0.5) is 0 Å². The van der Waals surface area contributed by atoms with Crippen molar-refractivity contribution in [2.24, 2.45) is 5.41 Å². The summed E-state index contributed by atoms with van der Waals surface area (Å²) >= 11 is 3.30. The van der Waals surface area contributed by atoms with Gasteiger partial charge in [0.2, 0.25) is 0 Å². The maximum atomic E-state index is 11.7. The highest BCUT2D eigenvalue weighted by Crippen LogP contribution is 2.13. The molecule has 0 aliphatic heterocycles. The van der Waals surface area contributed by atoms with Crippen molar-refractivity contribution in [1.82, 2.24) is 5.32 Å². The number of carbonyl (C=O) groups excluding carboxylic acids is 1. The molecule has 0 saturated heterocycles. The van der Waals surface area contributed by atoms with E-state index in [-0.39, 0.29) is 5.91 Å². The van der Waals surface area contributed by atoms with Gasteiger partial charge in [-0.3, -0.25) is 4.79 Å². The zero-order valence-corrected chi connectivity index (χ0v) is 10.8. The molecule has 0 spiro atoms. The predicted molar refractivity (Wildman–Crippen MR) is 65.9 cm³/mol. The summed E-state index contributed by atoms with van der Waals surface area (Å²) in [5.41, 5.74) is 0.0462. The zero-order valence-electron chi connectivity index (χ0n) is 9.25. The van der Waals surface area contributed by atoms with E-state index in [1.54, 1.807) is 32.0 Å². The van der Waals surface area contributed by atoms with Gasteiger partial charge in [-0.05, 0) is 32.0 Å². The number of benzene rings is 1. The fourth-order valence-corrected chi connectivity index (χ4v) is 1.47. The van der Waals surface area contributed by atoms with Gasteiger partial charge in [0, 0.05) is 16.6 Å². The van der Waals surface area contributed by atoms with Crippen molar-refractivity contribution in [3.05, 3.63) is 34.3 Å². The molecule has 0 atom stereocenters. The van der Waals surface area contributed by atoms with Crippen LogP contribution in [0.15, 0.2) is 28.7 Å². The minimum absolute atomic E-state index is 0.162. The van der Waals surface area contributed by atoms with E-state index in [2.05, 4.69) is 27.3 Å². The lowest BCUT2D eigenvalue weighted by Crippen LogP contribution is -2.33. The first-order chi connectivity index (χ1) is 7.44. The highest BCUT2D eigenvalue weighted by molar-refractivity contribution is 9.10. The van der Waals surface area contributed by atoms with Gasteiger partial charge in [-0.2, -0.15) is 5.26 Å². The number of carbonyl (C=O) groups is 1. The Hall–Kier alpha value is -1.34. The van der Waals surface area contributed by atoms with E-state index in [0.717, 1.165) is 4.47 Å². The van der Waals surface area contributed by atoms with Crippen molar-refractivity contribution in [2.75, 3.05) is 6.54 Å². The highest BCUT2D eigenvalue weighted by atomic mass is 79.9. The van der Waals surface area contributed by atoms with Gasteiger partial charge in [-0.25, -0.2) is 0 Å². The van der Waals surface area contributed by atoms with Crippen LogP contribution in [-0.2, 0) is 0 Å². The lowest BCUT2D eigenvalue weighted by Gasteiger charge is -2.15. The molecule has 3 nitrogen and oxygen atoms in total. The highest BCUT2D eigenvalue weighted by Gasteiger charge is 2.18. The van der Waals surface area contributed by atoms with Crippen molar-refractivity contribution in [2.45, 2.75) is 13.8 Å². The molecule has 0 radical (unpaired) electrons. The average Bonchev–Trinajstić information content (AvgIpc) is 2.26. The van der Waals surface area contributed by atoms with Crippen molar-refractivity contribution in [1.29, 1.82) is 5.26 Å². The zero-order chi connectivity index (χ0) is 12.2. The van der Waals surface area contributed by atoms with Crippen molar-refractivity contribution in [3.8, 4) is 6.07 Å². The van der Waals surface area contributed by atoms with Crippen molar-refractivity contribution in [3.63, 3.8) is 0 Å². The van der Waals surface area contributed by atoms with Gasteiger partial charge in [0.15, 0.2) is 0 Å². The lowest BCUT2D eigenvalue weighted by atomic mass is 9.96. The summed E-state index contributed by atoms with van der Waals surface area (Å²) in [7, 11) is 0. The number of halogens is 1. The van der Waals surface area contributed by atoms with E-state index < -0.39 is 5.41 Å². The third kappa shape index (κ3) is 3.67. The summed E-state index contributed by atoms with van der Waals surface area (Å²) in [6.45, 7) is 3.91. The minimum atomic E-state index is -0.540. The molecule has 16 heavy (non-hydrogen) atoms. The molecule has 0 aromatic heterocycles. The Kier molecular flexibility index (Phi) is 4.08. The molecule has 0 aliphatic rings. The van der Waals surface area contributed by atoms with E-state index in [1.807, 2.05) is 6.07 Å². The van der Waals surface area contributed by atoms with Crippen LogP contribution >= 0.6 is 15.9 Å². The van der Waals surface area contributed by atoms with Gasteiger partial charge in [0.05, 0.1) is 11.5 Å². The standard InChI is InChI=1S/C12H13BrN2O/c1-12(2,7-14)8-15-11(16)9-4-3-5-10(13)6-9/h3-6H,8H2,1-2H3,(H,15,16). The van der Waals surface area contributed by atoms with Crippen LogP contribution in [0.5, 0.6) is 0 Å². The second-order valence-corrected chi connectivity index (χ2v) is 5.10. The normalized spacial score (nSPS) is 10.6. The minimum Gasteiger partial charge on any atom is -0.350 e. The van der Waals surface area contributed by atoms with Gasteiger partial charge in [0.25, 0.3) is 5.91 Å². The second kappa shape index (κ2) is 5.13. The van der Waals surface area contributed by atoms with E-state index in [4.69, 9.17) is 5.26 Å². The molecule has 0 fully saturated rings. The van der Waals surface area contributed by atoms with Crippen LogP contribution in [-0.4, -0.2) is 12.5 Å². The van der Waals surface area contributed by atoms with Crippen LogP contribution < -0.4 is 5.32 Å². The van der Waals surface area contributed by atoms with Crippen molar-refractivity contribution >= 4 is 21.8 Å². The quantitative estimate of drug-likeness (QED) is 0.926. The Labute approximate surface area is 104 Å². The molecule has 1 N–H and O–H groups in total. The third-order valence-electron chi connectivity index (χ3n) is 2.08. The number of amides is 1. The monoisotopic (exact) mass is 280 g/mol. The first-order valence-electron chi connectivity index (χ1n) is 4.90. The van der Waals surface area contributed by atoms with Crippen LogP contribution in [0, 0.1) is 16.7 Å². The third-order valence-corrected chi connectivity index (χ3v) is 2.57. The van der Waals surface area contributed by atoms with Gasteiger partial charge < -0.3 is 5.32 Å². The maximum absolute atomic E-state index is 11.7. The molecule has 0 bridgehead atoms. The fourth-order valence-electron chi connectivity index (χ4n) is 1.07. The van der Waals surface area contributed by atoms with Crippen molar-refractivity contribution < 1.29 is 4.79 Å². The molecular weight excluding hydrogens is 268 g/mol. The fraction of sp³-hybridized carbons (Fsp3) is 0.333. The lowest BCUT2D eigenvalue weighted by molar-refractivity contribution is 0.0943. The van der Waals surface area contributed by atoms with Crippen LogP contribution in [0.2, 0.25) is 0 Å². The van der Waals surface area contributed by atoms with E-state index in [9.17, 15) is 4.79 Å². The maximum Gasteiger partial charge on any atom is 0.251 e. The van der Waals surface area contributed by atoms with Gasteiger partial charge in [-0.1, -0.05) is 22.0 Å². The molecule has 0 saturated carbocycles. The second-order valence-electron chi connectivity index (χ2n) is 4.19. The summed E-state index contributed by atoms with van der Waals surface area (Å²) < 4.78 is 0.861. The Balaban J connectivity index is 2.64. The number of hydrogen-bond acceptors (Lipinski definition) is 2. The molecular formula is C12H13BrN2O. The van der Waals surface area contributed by atoms with Gasteiger partial charge >= 0.3 is 0 Å².